The van der Waals surface area contributed by atoms with Crippen molar-refractivity contribution >= 4 is 17.0 Å². The van der Waals surface area contributed by atoms with Crippen LogP contribution in [0.15, 0.2) is 42.5 Å². The quantitative estimate of drug-likeness (QED) is 0.755. The Morgan fingerprint density at radius 3 is 2.79 bits per heavy atom. The highest BCUT2D eigenvalue weighted by atomic mass is 19.1. The topological polar surface area (TPSA) is 64.4 Å². The highest BCUT2D eigenvalue weighted by Gasteiger charge is 2.15. The molecule has 0 amide bonds. The third-order valence-corrected chi connectivity index (χ3v) is 3.90. The molecular formula is C18H17FN2O3. The van der Waals surface area contributed by atoms with Crippen LogP contribution in [0.2, 0.25) is 0 Å². The molecule has 0 saturated carbocycles. The van der Waals surface area contributed by atoms with Gasteiger partial charge in [-0.15, -0.1) is 0 Å². The number of nitrogens with zero attached hydrogens (tertiary/aromatic N) is 2. The molecule has 1 aromatic heterocycles. The van der Waals surface area contributed by atoms with E-state index in [1.54, 1.807) is 37.4 Å². The molecule has 24 heavy (non-hydrogen) atoms. The van der Waals surface area contributed by atoms with Crippen LogP contribution in [0.3, 0.4) is 0 Å². The lowest BCUT2D eigenvalue weighted by atomic mass is 10.1. The first kappa shape index (κ1) is 16.1. The summed E-state index contributed by atoms with van der Waals surface area (Å²) in [6, 6.07) is 11.3. The third-order valence-electron chi connectivity index (χ3n) is 3.90. The summed E-state index contributed by atoms with van der Waals surface area (Å²) in [7, 11) is 1.60. The molecule has 6 heteroatoms. The van der Waals surface area contributed by atoms with E-state index in [0.717, 1.165) is 0 Å². The highest BCUT2D eigenvalue weighted by Crippen LogP contribution is 2.21. The number of carboxylic acids is 1. The number of imidazole rings is 1. The molecule has 5 nitrogen and oxygen atoms in total. The number of ether oxygens (including phenoxy) is 1. The van der Waals surface area contributed by atoms with Crippen molar-refractivity contribution in [1.82, 2.24) is 9.55 Å². The Morgan fingerprint density at radius 2 is 2.08 bits per heavy atom. The van der Waals surface area contributed by atoms with Gasteiger partial charge in [0, 0.05) is 20.1 Å². The average Bonchev–Trinajstić information content (AvgIpc) is 2.91. The molecule has 3 rings (SSSR count). The molecule has 0 aliphatic heterocycles. The molecule has 124 valence electrons. The number of carboxylic acid groups (broad SMARTS) is 1. The zero-order valence-electron chi connectivity index (χ0n) is 13.2. The Morgan fingerprint density at radius 1 is 1.29 bits per heavy atom. The number of benzene rings is 2. The van der Waals surface area contributed by atoms with Crippen LogP contribution in [-0.2, 0) is 17.7 Å². The summed E-state index contributed by atoms with van der Waals surface area (Å²) < 4.78 is 21.0. The van der Waals surface area contributed by atoms with Gasteiger partial charge in [0.15, 0.2) is 0 Å². The van der Waals surface area contributed by atoms with Gasteiger partial charge in [0.1, 0.15) is 11.6 Å². The second-order valence-electron chi connectivity index (χ2n) is 5.45. The lowest BCUT2D eigenvalue weighted by molar-refractivity contribution is 0.0697. The highest BCUT2D eigenvalue weighted by molar-refractivity contribution is 5.92. The second-order valence-corrected chi connectivity index (χ2v) is 5.45. The minimum Gasteiger partial charge on any atom is -0.478 e. The monoisotopic (exact) mass is 328 g/mol. The van der Waals surface area contributed by atoms with Gasteiger partial charge in [-0.2, -0.15) is 0 Å². The summed E-state index contributed by atoms with van der Waals surface area (Å²) in [5.74, 6) is -0.601. The summed E-state index contributed by atoms with van der Waals surface area (Å²) in [6.45, 7) is 0.965. The number of rotatable bonds is 6. The molecule has 0 aliphatic rings. The van der Waals surface area contributed by atoms with Crippen LogP contribution in [0.1, 0.15) is 21.7 Å². The number of carbonyl (C=O) groups is 1. The fourth-order valence-corrected chi connectivity index (χ4v) is 2.68. The van der Waals surface area contributed by atoms with E-state index in [9.17, 15) is 14.3 Å². The van der Waals surface area contributed by atoms with E-state index in [2.05, 4.69) is 4.98 Å². The Labute approximate surface area is 138 Å². The van der Waals surface area contributed by atoms with Gasteiger partial charge in [0.2, 0.25) is 0 Å². The molecule has 0 unspecified atom stereocenters. The Balaban J connectivity index is 2.08. The zero-order chi connectivity index (χ0) is 17.1. The van der Waals surface area contributed by atoms with Crippen molar-refractivity contribution in [1.29, 1.82) is 0 Å². The van der Waals surface area contributed by atoms with Gasteiger partial charge >= 0.3 is 5.97 Å². The number of aromatic nitrogens is 2. The molecule has 0 aliphatic carbocycles. The van der Waals surface area contributed by atoms with Crippen LogP contribution in [0.5, 0.6) is 0 Å². The SMILES string of the molecule is COCCn1c(Cc2ccccc2F)nc2ccc(C(=O)O)cc21. The lowest BCUT2D eigenvalue weighted by Crippen LogP contribution is -2.09. The predicted molar refractivity (Wildman–Crippen MR) is 87.8 cm³/mol. The Hall–Kier alpha value is -2.73. The summed E-state index contributed by atoms with van der Waals surface area (Å²) >= 11 is 0. The first-order valence-corrected chi connectivity index (χ1v) is 7.55. The number of methoxy groups -OCH3 is 1. The Bertz CT molecular complexity index is 889. The van der Waals surface area contributed by atoms with Crippen LogP contribution in [0.25, 0.3) is 11.0 Å². The zero-order valence-corrected chi connectivity index (χ0v) is 13.2. The average molecular weight is 328 g/mol. The van der Waals surface area contributed by atoms with Crippen LogP contribution in [0.4, 0.5) is 4.39 Å². The van der Waals surface area contributed by atoms with E-state index in [1.165, 1.54) is 12.1 Å². The molecule has 3 aromatic rings. The molecule has 0 spiro atoms. The van der Waals surface area contributed by atoms with Crippen LogP contribution in [0, 0.1) is 5.82 Å². The van der Waals surface area contributed by atoms with Crippen LogP contribution >= 0.6 is 0 Å². The maximum atomic E-state index is 13.9. The van der Waals surface area contributed by atoms with Gasteiger partial charge in [0.05, 0.1) is 23.2 Å². The number of fused-ring (bicyclic) bond motifs is 1. The standard InChI is InChI=1S/C18H17FN2O3/c1-24-9-8-21-16-10-13(18(22)23)6-7-15(16)20-17(21)11-12-4-2-3-5-14(12)19/h2-7,10H,8-9,11H2,1H3,(H,22,23). The van der Waals surface area contributed by atoms with E-state index >= 15 is 0 Å². The lowest BCUT2D eigenvalue weighted by Gasteiger charge is -2.09. The normalized spacial score (nSPS) is 11.1. The first-order chi connectivity index (χ1) is 11.6. The largest absolute Gasteiger partial charge is 0.478 e. The van der Waals surface area contributed by atoms with Crippen LogP contribution in [-0.4, -0.2) is 34.3 Å². The van der Waals surface area contributed by atoms with Crippen molar-refractivity contribution in [3.05, 3.63) is 65.2 Å². The molecule has 2 aromatic carbocycles. The molecule has 0 atom stereocenters. The van der Waals surface area contributed by atoms with Crippen molar-refractivity contribution in [2.75, 3.05) is 13.7 Å². The number of aromatic carboxylic acids is 1. The van der Waals surface area contributed by atoms with E-state index < -0.39 is 5.97 Å². The maximum Gasteiger partial charge on any atom is 0.335 e. The van der Waals surface area contributed by atoms with Crippen LogP contribution < -0.4 is 0 Å². The van der Waals surface area contributed by atoms with E-state index in [0.29, 0.717) is 42.0 Å². The van der Waals surface area contributed by atoms with Gasteiger partial charge in [-0.3, -0.25) is 0 Å². The van der Waals surface area contributed by atoms with Gasteiger partial charge in [-0.05, 0) is 29.8 Å². The van der Waals surface area contributed by atoms with Crippen molar-refractivity contribution in [3.63, 3.8) is 0 Å². The fraction of sp³-hybridized carbons (Fsp3) is 0.222. The number of hydrogen-bond acceptors (Lipinski definition) is 3. The summed E-state index contributed by atoms with van der Waals surface area (Å²) in [6.07, 6.45) is 0.327. The summed E-state index contributed by atoms with van der Waals surface area (Å²) in [5, 5.41) is 9.19. The maximum absolute atomic E-state index is 13.9. The summed E-state index contributed by atoms with van der Waals surface area (Å²) in [5.41, 5.74) is 2.13. The Kier molecular flexibility index (Phi) is 4.57. The van der Waals surface area contributed by atoms with Crippen molar-refractivity contribution in [2.45, 2.75) is 13.0 Å². The number of hydrogen-bond donors (Lipinski definition) is 1. The molecular weight excluding hydrogens is 311 g/mol. The predicted octanol–water partition coefficient (Wildman–Crippen LogP) is 3.11. The number of halogens is 1. The molecule has 1 heterocycles. The smallest absolute Gasteiger partial charge is 0.335 e. The van der Waals surface area contributed by atoms with Gasteiger partial charge in [-0.1, -0.05) is 18.2 Å². The minimum atomic E-state index is -0.993. The summed E-state index contributed by atoms with van der Waals surface area (Å²) in [4.78, 5) is 15.8. The molecule has 0 bridgehead atoms. The third kappa shape index (κ3) is 3.14. The van der Waals surface area contributed by atoms with E-state index in [4.69, 9.17) is 4.74 Å². The van der Waals surface area contributed by atoms with E-state index in [-0.39, 0.29) is 11.4 Å². The molecule has 0 radical (unpaired) electrons. The first-order valence-electron chi connectivity index (χ1n) is 7.55. The van der Waals surface area contributed by atoms with E-state index in [1.807, 2.05) is 4.57 Å². The van der Waals surface area contributed by atoms with Crippen molar-refractivity contribution in [2.24, 2.45) is 0 Å². The van der Waals surface area contributed by atoms with Crippen molar-refractivity contribution in [3.8, 4) is 0 Å². The minimum absolute atomic E-state index is 0.193. The van der Waals surface area contributed by atoms with Crippen molar-refractivity contribution < 1.29 is 19.0 Å². The van der Waals surface area contributed by atoms with Gasteiger partial charge < -0.3 is 14.4 Å². The molecule has 0 fully saturated rings. The van der Waals surface area contributed by atoms with Gasteiger partial charge in [0.25, 0.3) is 0 Å². The molecule has 0 saturated heterocycles. The fourth-order valence-electron chi connectivity index (χ4n) is 2.68. The van der Waals surface area contributed by atoms with Gasteiger partial charge in [-0.25, -0.2) is 14.2 Å². The molecule has 1 N–H and O–H groups in total. The second kappa shape index (κ2) is 6.80.